The molecule has 7 heteroatoms. The number of anilines is 1. The Balaban J connectivity index is 1.58. The van der Waals surface area contributed by atoms with Crippen molar-refractivity contribution >= 4 is 15.7 Å². The van der Waals surface area contributed by atoms with Gasteiger partial charge < -0.3 is 4.90 Å². The lowest BCUT2D eigenvalue weighted by atomic mass is 10.0. The second kappa shape index (κ2) is 8.05. The Morgan fingerprint density at radius 1 is 1.19 bits per heavy atom. The predicted molar refractivity (Wildman–Crippen MR) is 105 cm³/mol. The van der Waals surface area contributed by atoms with Crippen LogP contribution in [0, 0.1) is 17.2 Å². The van der Waals surface area contributed by atoms with Gasteiger partial charge in [-0.2, -0.15) is 5.26 Å². The molecule has 1 aromatic carbocycles. The minimum absolute atomic E-state index is 0.0819. The van der Waals surface area contributed by atoms with Gasteiger partial charge in [-0.1, -0.05) is 38.1 Å². The molecular formula is C20H24N4O2S. The number of nitriles is 1. The van der Waals surface area contributed by atoms with Gasteiger partial charge in [0.1, 0.15) is 6.07 Å². The van der Waals surface area contributed by atoms with Crippen molar-refractivity contribution < 1.29 is 8.42 Å². The average molecular weight is 385 g/mol. The summed E-state index contributed by atoms with van der Waals surface area (Å²) in [5, 5.41) is 16.7. The molecule has 1 saturated heterocycles. The van der Waals surface area contributed by atoms with Crippen LogP contribution in [0.2, 0.25) is 0 Å². The maximum absolute atomic E-state index is 12.6. The molecule has 2 aromatic rings. The third kappa shape index (κ3) is 5.04. The second-order valence-corrected chi connectivity index (χ2v) is 9.55. The summed E-state index contributed by atoms with van der Waals surface area (Å²) in [5.74, 6) is 1.48. The van der Waals surface area contributed by atoms with Gasteiger partial charge >= 0.3 is 0 Å². The number of rotatable bonds is 6. The fraction of sp³-hybridized carbons (Fsp3) is 0.450. The van der Waals surface area contributed by atoms with Crippen molar-refractivity contribution in [1.82, 2.24) is 10.2 Å². The molecule has 0 bridgehead atoms. The Morgan fingerprint density at radius 2 is 1.93 bits per heavy atom. The summed E-state index contributed by atoms with van der Waals surface area (Å²) in [6.45, 7) is 5.64. The van der Waals surface area contributed by atoms with Gasteiger partial charge in [0.05, 0.1) is 11.5 Å². The lowest BCUT2D eigenvalue weighted by Crippen LogP contribution is -2.24. The van der Waals surface area contributed by atoms with E-state index in [1.807, 2.05) is 35.2 Å². The summed E-state index contributed by atoms with van der Waals surface area (Å²) in [7, 11) is -3.17. The highest BCUT2D eigenvalue weighted by Crippen LogP contribution is 2.24. The van der Waals surface area contributed by atoms with Gasteiger partial charge in [0, 0.05) is 13.1 Å². The molecule has 3 rings (SSSR count). The standard InChI is InChI=1S/C20H24N4O2S/c1-15(2)18-5-3-16(4-6-18)13-27(25,26)14-17-9-10-24(12-17)20-8-7-19(11-21)22-23-20/h3-8,15,17H,9-10,12-14H2,1-2H3. The smallest absolute Gasteiger partial charge is 0.163 e. The number of aromatic nitrogens is 2. The number of hydrogen-bond donors (Lipinski definition) is 0. The van der Waals surface area contributed by atoms with Crippen molar-refractivity contribution in [2.24, 2.45) is 5.92 Å². The van der Waals surface area contributed by atoms with Gasteiger partial charge in [-0.05, 0) is 41.5 Å². The van der Waals surface area contributed by atoms with E-state index in [2.05, 4.69) is 24.0 Å². The van der Waals surface area contributed by atoms with E-state index in [0.717, 1.165) is 18.5 Å². The van der Waals surface area contributed by atoms with Crippen LogP contribution in [0.3, 0.4) is 0 Å². The van der Waals surface area contributed by atoms with E-state index in [9.17, 15) is 8.42 Å². The normalized spacial score (nSPS) is 17.3. The summed E-state index contributed by atoms with van der Waals surface area (Å²) < 4.78 is 25.2. The third-order valence-electron chi connectivity index (χ3n) is 4.90. The SMILES string of the molecule is CC(C)c1ccc(CS(=O)(=O)CC2CCN(c3ccc(C#N)nn3)C2)cc1. The molecule has 142 valence electrons. The van der Waals surface area contributed by atoms with Crippen LogP contribution < -0.4 is 4.90 Å². The maximum atomic E-state index is 12.6. The monoisotopic (exact) mass is 384 g/mol. The summed E-state index contributed by atoms with van der Waals surface area (Å²) >= 11 is 0. The molecule has 0 spiro atoms. The van der Waals surface area contributed by atoms with E-state index in [4.69, 9.17) is 5.26 Å². The highest BCUT2D eigenvalue weighted by molar-refractivity contribution is 7.90. The quantitative estimate of drug-likeness (QED) is 0.761. The van der Waals surface area contributed by atoms with E-state index in [1.54, 1.807) is 12.1 Å². The van der Waals surface area contributed by atoms with Crippen LogP contribution in [0.15, 0.2) is 36.4 Å². The van der Waals surface area contributed by atoms with E-state index in [-0.39, 0.29) is 23.1 Å². The summed E-state index contributed by atoms with van der Waals surface area (Å²) in [6.07, 6.45) is 0.813. The predicted octanol–water partition coefficient (Wildman–Crippen LogP) is 2.91. The zero-order valence-electron chi connectivity index (χ0n) is 15.7. The molecule has 6 nitrogen and oxygen atoms in total. The van der Waals surface area contributed by atoms with Crippen LogP contribution in [0.25, 0.3) is 0 Å². The molecule has 0 N–H and O–H groups in total. The summed E-state index contributed by atoms with van der Waals surface area (Å²) in [5.41, 5.74) is 2.33. The Bertz CT molecular complexity index is 916. The van der Waals surface area contributed by atoms with Gasteiger partial charge in [0.2, 0.25) is 0 Å². The molecule has 1 unspecified atom stereocenters. The molecule has 1 aliphatic heterocycles. The minimum atomic E-state index is -3.17. The number of sulfone groups is 1. The van der Waals surface area contributed by atoms with Crippen molar-refractivity contribution in [3.05, 3.63) is 53.2 Å². The average Bonchev–Trinajstić information content (AvgIpc) is 3.09. The lowest BCUT2D eigenvalue weighted by molar-refractivity contribution is 0.571. The third-order valence-corrected chi connectivity index (χ3v) is 6.65. The molecule has 0 radical (unpaired) electrons. The van der Waals surface area contributed by atoms with Gasteiger partial charge in [-0.15, -0.1) is 10.2 Å². The van der Waals surface area contributed by atoms with E-state index in [1.165, 1.54) is 5.56 Å². The Kier molecular flexibility index (Phi) is 5.76. The Labute approximate surface area is 160 Å². The van der Waals surface area contributed by atoms with Crippen LogP contribution in [-0.2, 0) is 15.6 Å². The van der Waals surface area contributed by atoms with Crippen molar-refractivity contribution in [2.75, 3.05) is 23.7 Å². The van der Waals surface area contributed by atoms with E-state index >= 15 is 0 Å². The Hall–Kier alpha value is -2.46. The highest BCUT2D eigenvalue weighted by atomic mass is 32.2. The molecule has 1 atom stereocenters. The first-order chi connectivity index (χ1) is 12.9. The molecule has 0 saturated carbocycles. The maximum Gasteiger partial charge on any atom is 0.163 e. The zero-order valence-corrected chi connectivity index (χ0v) is 16.5. The topological polar surface area (TPSA) is 87.0 Å². The van der Waals surface area contributed by atoms with Crippen LogP contribution in [0.4, 0.5) is 5.82 Å². The molecular weight excluding hydrogens is 360 g/mol. The fourth-order valence-corrected chi connectivity index (χ4v) is 5.21. The first-order valence-electron chi connectivity index (χ1n) is 9.14. The summed E-state index contributed by atoms with van der Waals surface area (Å²) in [6, 6.07) is 13.2. The van der Waals surface area contributed by atoms with Crippen LogP contribution >= 0.6 is 0 Å². The van der Waals surface area contributed by atoms with Crippen molar-refractivity contribution in [3.8, 4) is 6.07 Å². The number of benzene rings is 1. The van der Waals surface area contributed by atoms with Gasteiger partial charge in [0.15, 0.2) is 21.3 Å². The molecule has 1 aromatic heterocycles. The van der Waals surface area contributed by atoms with Crippen LogP contribution in [0.5, 0.6) is 0 Å². The fourth-order valence-electron chi connectivity index (χ4n) is 3.40. The van der Waals surface area contributed by atoms with Crippen molar-refractivity contribution in [1.29, 1.82) is 5.26 Å². The van der Waals surface area contributed by atoms with Gasteiger partial charge in [0.25, 0.3) is 0 Å². The minimum Gasteiger partial charge on any atom is -0.355 e. The van der Waals surface area contributed by atoms with Crippen LogP contribution in [-0.4, -0.2) is 37.5 Å². The summed E-state index contributed by atoms with van der Waals surface area (Å²) in [4.78, 5) is 2.03. The van der Waals surface area contributed by atoms with E-state index < -0.39 is 9.84 Å². The number of hydrogen-bond acceptors (Lipinski definition) is 6. The van der Waals surface area contributed by atoms with E-state index in [0.29, 0.717) is 18.3 Å². The largest absolute Gasteiger partial charge is 0.355 e. The molecule has 0 aliphatic carbocycles. The second-order valence-electron chi connectivity index (χ2n) is 7.44. The Morgan fingerprint density at radius 3 is 2.52 bits per heavy atom. The molecule has 27 heavy (non-hydrogen) atoms. The zero-order chi connectivity index (χ0) is 19.4. The van der Waals surface area contributed by atoms with Crippen molar-refractivity contribution in [3.63, 3.8) is 0 Å². The van der Waals surface area contributed by atoms with Crippen LogP contribution in [0.1, 0.15) is 43.0 Å². The molecule has 0 amide bonds. The number of nitrogens with zero attached hydrogens (tertiary/aromatic N) is 4. The van der Waals surface area contributed by atoms with Gasteiger partial charge in [-0.25, -0.2) is 8.42 Å². The molecule has 1 fully saturated rings. The first kappa shape index (κ1) is 19.3. The lowest BCUT2D eigenvalue weighted by Gasteiger charge is -2.16. The van der Waals surface area contributed by atoms with Gasteiger partial charge in [-0.3, -0.25) is 0 Å². The molecule has 2 heterocycles. The molecule has 1 aliphatic rings. The first-order valence-corrected chi connectivity index (χ1v) is 11.0. The van der Waals surface area contributed by atoms with Crippen molar-refractivity contribution in [2.45, 2.75) is 31.9 Å². The highest BCUT2D eigenvalue weighted by Gasteiger charge is 2.28.